The molecule has 1 atom stereocenters. The number of hydrogen-bond donors (Lipinski definition) is 0. The molecule has 0 amide bonds. The molecule has 108 valence electrons. The zero-order chi connectivity index (χ0) is 14.9. The average Bonchev–Trinajstić information content (AvgIpc) is 2.41. The van der Waals surface area contributed by atoms with Crippen LogP contribution in [-0.4, -0.2) is 23.3 Å². The Morgan fingerprint density at radius 1 is 1.35 bits per heavy atom. The molecule has 5 nitrogen and oxygen atoms in total. The normalized spacial score (nSPS) is 18.9. The Morgan fingerprint density at radius 2 is 2.00 bits per heavy atom. The minimum atomic E-state index is -0.497. The van der Waals surface area contributed by atoms with E-state index in [0.29, 0.717) is 18.7 Å². The lowest BCUT2D eigenvalue weighted by atomic mass is 9.98. The molecule has 7 heteroatoms. The number of piperidine rings is 1. The first-order valence-corrected chi connectivity index (χ1v) is 7.08. The predicted octanol–water partition coefficient (Wildman–Crippen LogP) is 3.85. The number of carbonyl (C=O) groups is 1. The number of ketones is 1. The molecular formula is C13H14Cl2N2O3. The van der Waals surface area contributed by atoms with E-state index in [2.05, 4.69) is 0 Å². The molecule has 0 radical (unpaired) electrons. The summed E-state index contributed by atoms with van der Waals surface area (Å²) in [5.74, 6) is 0.00469. The summed E-state index contributed by atoms with van der Waals surface area (Å²) >= 11 is 11.8. The Balaban J connectivity index is 2.51. The molecule has 20 heavy (non-hydrogen) atoms. The Morgan fingerprint density at radius 3 is 2.60 bits per heavy atom. The first-order valence-electron chi connectivity index (χ1n) is 6.32. The van der Waals surface area contributed by atoms with Gasteiger partial charge in [-0.15, -0.1) is 0 Å². The maximum Gasteiger partial charge on any atom is 0.294 e. The summed E-state index contributed by atoms with van der Waals surface area (Å²) in [6.07, 6.45) is 2.53. The Kier molecular flexibility index (Phi) is 4.50. The number of benzene rings is 1. The first-order chi connectivity index (χ1) is 9.41. The van der Waals surface area contributed by atoms with E-state index in [1.54, 1.807) is 4.90 Å². The summed E-state index contributed by atoms with van der Waals surface area (Å²) in [5.41, 5.74) is 0.247. The number of hydrogen-bond acceptors (Lipinski definition) is 4. The molecular weight excluding hydrogens is 303 g/mol. The van der Waals surface area contributed by atoms with Crippen molar-refractivity contribution >= 4 is 40.4 Å². The highest BCUT2D eigenvalue weighted by Crippen LogP contribution is 2.38. The topological polar surface area (TPSA) is 63.5 Å². The van der Waals surface area contributed by atoms with Crippen LogP contribution < -0.4 is 4.90 Å². The Bertz CT molecular complexity index is 563. The minimum absolute atomic E-state index is 0.00469. The summed E-state index contributed by atoms with van der Waals surface area (Å²) in [7, 11) is 0. The maximum atomic E-state index is 11.7. The van der Waals surface area contributed by atoms with Gasteiger partial charge in [0.05, 0.1) is 21.0 Å². The van der Waals surface area contributed by atoms with Gasteiger partial charge < -0.3 is 4.90 Å². The summed E-state index contributed by atoms with van der Waals surface area (Å²) in [5, 5.41) is 11.6. The van der Waals surface area contributed by atoms with Crippen molar-refractivity contribution in [1.82, 2.24) is 0 Å². The van der Waals surface area contributed by atoms with E-state index in [9.17, 15) is 14.9 Å². The van der Waals surface area contributed by atoms with Crippen LogP contribution >= 0.6 is 23.2 Å². The van der Waals surface area contributed by atoms with Crippen molar-refractivity contribution in [3.63, 3.8) is 0 Å². The highest BCUT2D eigenvalue weighted by atomic mass is 35.5. The van der Waals surface area contributed by atoms with Crippen molar-refractivity contribution < 1.29 is 9.72 Å². The van der Waals surface area contributed by atoms with Gasteiger partial charge in [0.25, 0.3) is 5.69 Å². The number of halogens is 2. The van der Waals surface area contributed by atoms with Gasteiger partial charge in [-0.25, -0.2) is 0 Å². The molecule has 1 heterocycles. The molecule has 0 bridgehead atoms. The third-order valence-electron chi connectivity index (χ3n) is 3.50. The lowest BCUT2D eigenvalue weighted by Crippen LogP contribution is -2.44. The van der Waals surface area contributed by atoms with Gasteiger partial charge >= 0.3 is 0 Å². The van der Waals surface area contributed by atoms with Gasteiger partial charge in [0.2, 0.25) is 0 Å². The smallest absolute Gasteiger partial charge is 0.294 e. The second kappa shape index (κ2) is 5.97. The van der Waals surface area contributed by atoms with Crippen molar-refractivity contribution in [2.24, 2.45) is 0 Å². The molecule has 1 unspecified atom stereocenters. The second-order valence-electron chi connectivity index (χ2n) is 4.83. The summed E-state index contributed by atoms with van der Waals surface area (Å²) in [6, 6.07) is 2.38. The van der Waals surface area contributed by atoms with E-state index < -0.39 is 4.92 Å². The second-order valence-corrected chi connectivity index (χ2v) is 5.64. The summed E-state index contributed by atoms with van der Waals surface area (Å²) in [6.45, 7) is 2.11. The maximum absolute atomic E-state index is 11.7. The fourth-order valence-electron chi connectivity index (χ4n) is 2.54. The van der Waals surface area contributed by atoms with Gasteiger partial charge in [-0.3, -0.25) is 14.9 Å². The van der Waals surface area contributed by atoms with Crippen LogP contribution in [0.3, 0.4) is 0 Å². The predicted molar refractivity (Wildman–Crippen MR) is 78.8 cm³/mol. The fraction of sp³-hybridized carbons (Fsp3) is 0.462. The summed E-state index contributed by atoms with van der Waals surface area (Å²) < 4.78 is 0. The number of anilines is 1. The number of carbonyl (C=O) groups excluding carboxylic acids is 1. The van der Waals surface area contributed by atoms with Crippen LogP contribution in [0.15, 0.2) is 12.1 Å². The Hall–Kier alpha value is -1.33. The standard InChI is InChI=1S/C13H14Cl2N2O3/c1-8(18)11-4-2-3-5-16(11)12-6-9(14)10(15)7-13(12)17(19)20/h6-7,11H,2-5H2,1H3. The van der Waals surface area contributed by atoms with Gasteiger partial charge in [0, 0.05) is 12.6 Å². The van der Waals surface area contributed by atoms with E-state index >= 15 is 0 Å². The quantitative estimate of drug-likeness (QED) is 0.627. The molecule has 0 aliphatic carbocycles. The van der Waals surface area contributed by atoms with E-state index in [-0.39, 0.29) is 27.6 Å². The highest BCUT2D eigenvalue weighted by molar-refractivity contribution is 6.42. The van der Waals surface area contributed by atoms with Crippen LogP contribution in [0, 0.1) is 10.1 Å². The highest BCUT2D eigenvalue weighted by Gasteiger charge is 2.31. The van der Waals surface area contributed by atoms with Gasteiger partial charge in [-0.2, -0.15) is 0 Å². The summed E-state index contributed by atoms with van der Waals surface area (Å²) in [4.78, 5) is 24.2. The first kappa shape index (κ1) is 15.1. The zero-order valence-electron chi connectivity index (χ0n) is 10.9. The van der Waals surface area contributed by atoms with Crippen molar-refractivity contribution in [3.05, 3.63) is 32.3 Å². The number of Topliss-reactive ketones (excluding diaryl/α,β-unsaturated/α-hetero) is 1. The molecule has 1 fully saturated rings. The SMILES string of the molecule is CC(=O)C1CCCCN1c1cc(Cl)c(Cl)cc1[N+](=O)[O-]. The lowest BCUT2D eigenvalue weighted by Gasteiger charge is -2.35. The third kappa shape index (κ3) is 2.88. The van der Waals surface area contributed by atoms with Crippen molar-refractivity contribution in [3.8, 4) is 0 Å². The molecule has 1 saturated heterocycles. The molecule has 0 aromatic heterocycles. The average molecular weight is 317 g/mol. The van der Waals surface area contributed by atoms with Crippen molar-refractivity contribution in [2.45, 2.75) is 32.2 Å². The molecule has 0 saturated carbocycles. The van der Waals surface area contributed by atoms with Crippen LogP contribution in [0.5, 0.6) is 0 Å². The monoisotopic (exact) mass is 316 g/mol. The van der Waals surface area contributed by atoms with Crippen LogP contribution in [0.25, 0.3) is 0 Å². The van der Waals surface area contributed by atoms with E-state index in [4.69, 9.17) is 23.2 Å². The Labute approximate surface area is 126 Å². The molecule has 2 rings (SSSR count). The number of nitro groups is 1. The molecule has 0 N–H and O–H groups in total. The number of rotatable bonds is 3. The third-order valence-corrected chi connectivity index (χ3v) is 4.22. The molecule has 1 aromatic rings. The van der Waals surface area contributed by atoms with Gasteiger partial charge in [-0.05, 0) is 32.3 Å². The number of nitro benzene ring substituents is 1. The molecule has 0 spiro atoms. The van der Waals surface area contributed by atoms with E-state index in [1.165, 1.54) is 19.1 Å². The van der Waals surface area contributed by atoms with Crippen LogP contribution in [0.2, 0.25) is 10.0 Å². The van der Waals surface area contributed by atoms with Crippen LogP contribution in [-0.2, 0) is 4.79 Å². The molecule has 1 aliphatic heterocycles. The fourth-order valence-corrected chi connectivity index (χ4v) is 2.86. The molecule has 1 aliphatic rings. The van der Waals surface area contributed by atoms with Crippen LogP contribution in [0.1, 0.15) is 26.2 Å². The zero-order valence-corrected chi connectivity index (χ0v) is 12.4. The van der Waals surface area contributed by atoms with Crippen molar-refractivity contribution in [2.75, 3.05) is 11.4 Å². The van der Waals surface area contributed by atoms with E-state index in [1.807, 2.05) is 0 Å². The van der Waals surface area contributed by atoms with Crippen molar-refractivity contribution in [1.29, 1.82) is 0 Å². The van der Waals surface area contributed by atoms with Crippen LogP contribution in [0.4, 0.5) is 11.4 Å². The van der Waals surface area contributed by atoms with E-state index in [0.717, 1.165) is 12.8 Å². The lowest BCUT2D eigenvalue weighted by molar-refractivity contribution is -0.384. The van der Waals surface area contributed by atoms with Gasteiger partial charge in [0.15, 0.2) is 5.78 Å². The molecule has 1 aromatic carbocycles. The van der Waals surface area contributed by atoms with Gasteiger partial charge in [0.1, 0.15) is 5.69 Å². The van der Waals surface area contributed by atoms with Gasteiger partial charge in [-0.1, -0.05) is 23.2 Å². The minimum Gasteiger partial charge on any atom is -0.356 e. The number of nitrogens with zero attached hydrogens (tertiary/aromatic N) is 2. The largest absolute Gasteiger partial charge is 0.356 e.